The summed E-state index contributed by atoms with van der Waals surface area (Å²) in [6, 6.07) is 7.93. The van der Waals surface area contributed by atoms with Crippen molar-refractivity contribution in [2.24, 2.45) is 5.73 Å². The van der Waals surface area contributed by atoms with Gasteiger partial charge in [-0.15, -0.1) is 0 Å². The quantitative estimate of drug-likeness (QED) is 0.931. The van der Waals surface area contributed by atoms with Crippen LogP contribution >= 0.6 is 27.5 Å². The van der Waals surface area contributed by atoms with Crippen LogP contribution in [0.3, 0.4) is 0 Å². The Hall–Kier alpha value is -1.59. The van der Waals surface area contributed by atoms with Crippen molar-refractivity contribution >= 4 is 33.4 Å². The SMILES string of the molecule is NC(=O)c1ccc(Cn2cc(Br)ccc2=O)c(Cl)c1. The number of aromatic nitrogens is 1. The van der Waals surface area contributed by atoms with Crippen molar-refractivity contribution in [1.82, 2.24) is 4.57 Å². The molecule has 0 aliphatic heterocycles. The molecule has 1 heterocycles. The Morgan fingerprint density at radius 3 is 2.68 bits per heavy atom. The van der Waals surface area contributed by atoms with Crippen LogP contribution in [-0.4, -0.2) is 10.5 Å². The number of hydrogen-bond acceptors (Lipinski definition) is 2. The van der Waals surface area contributed by atoms with Crippen LogP contribution in [0.25, 0.3) is 0 Å². The summed E-state index contributed by atoms with van der Waals surface area (Å²) in [6.07, 6.45) is 1.68. The molecule has 0 atom stereocenters. The highest BCUT2D eigenvalue weighted by Crippen LogP contribution is 2.19. The first-order chi connectivity index (χ1) is 8.97. The topological polar surface area (TPSA) is 65.1 Å². The summed E-state index contributed by atoms with van der Waals surface area (Å²) in [7, 11) is 0. The van der Waals surface area contributed by atoms with Crippen LogP contribution < -0.4 is 11.3 Å². The lowest BCUT2D eigenvalue weighted by Gasteiger charge is -2.08. The normalized spacial score (nSPS) is 10.4. The second-order valence-corrected chi connectivity index (χ2v) is 5.31. The number of nitrogens with zero attached hydrogens (tertiary/aromatic N) is 1. The molecular weight excluding hydrogens is 332 g/mol. The summed E-state index contributed by atoms with van der Waals surface area (Å²) in [5.41, 5.74) is 6.13. The standard InChI is InChI=1S/C13H10BrClN2O2/c14-10-3-4-12(18)17(7-10)6-9-2-1-8(13(16)19)5-11(9)15/h1-5,7H,6H2,(H2,16,19). The van der Waals surface area contributed by atoms with Crippen molar-refractivity contribution in [3.8, 4) is 0 Å². The highest BCUT2D eigenvalue weighted by atomic mass is 79.9. The first-order valence-corrected chi connectivity index (χ1v) is 6.58. The number of carbonyl (C=O) groups excluding carboxylic acids is 1. The molecule has 1 aromatic carbocycles. The number of halogens is 2. The fourth-order valence-electron chi connectivity index (χ4n) is 1.64. The second-order valence-electron chi connectivity index (χ2n) is 3.98. The van der Waals surface area contributed by atoms with E-state index in [-0.39, 0.29) is 5.56 Å². The van der Waals surface area contributed by atoms with Crippen molar-refractivity contribution in [1.29, 1.82) is 0 Å². The van der Waals surface area contributed by atoms with E-state index in [0.29, 0.717) is 17.1 Å². The highest BCUT2D eigenvalue weighted by molar-refractivity contribution is 9.10. The molecule has 0 aliphatic rings. The number of primary amides is 1. The molecule has 0 aliphatic carbocycles. The molecule has 2 aromatic rings. The Labute approximate surface area is 122 Å². The molecule has 1 aromatic heterocycles. The van der Waals surface area contributed by atoms with Gasteiger partial charge >= 0.3 is 0 Å². The predicted octanol–water partition coefficient (Wildman–Crippen LogP) is 2.41. The molecule has 98 valence electrons. The molecule has 0 bridgehead atoms. The molecule has 19 heavy (non-hydrogen) atoms. The van der Waals surface area contributed by atoms with Gasteiger partial charge in [-0.2, -0.15) is 0 Å². The van der Waals surface area contributed by atoms with Gasteiger partial charge in [0.25, 0.3) is 5.56 Å². The molecule has 2 N–H and O–H groups in total. The van der Waals surface area contributed by atoms with Gasteiger partial charge in [0.15, 0.2) is 0 Å². The largest absolute Gasteiger partial charge is 0.366 e. The van der Waals surface area contributed by atoms with Gasteiger partial charge in [-0.3, -0.25) is 9.59 Å². The molecule has 0 saturated heterocycles. The molecule has 6 heteroatoms. The summed E-state index contributed by atoms with van der Waals surface area (Å²) in [5, 5.41) is 0.406. The minimum absolute atomic E-state index is 0.127. The summed E-state index contributed by atoms with van der Waals surface area (Å²) in [5.74, 6) is -0.534. The van der Waals surface area contributed by atoms with Crippen molar-refractivity contribution in [3.05, 3.63) is 67.5 Å². The van der Waals surface area contributed by atoms with Crippen molar-refractivity contribution in [2.75, 3.05) is 0 Å². The van der Waals surface area contributed by atoms with Gasteiger partial charge in [-0.05, 0) is 39.7 Å². The zero-order valence-corrected chi connectivity index (χ0v) is 12.1. The fourth-order valence-corrected chi connectivity index (χ4v) is 2.26. The van der Waals surface area contributed by atoms with E-state index in [1.807, 2.05) is 0 Å². The van der Waals surface area contributed by atoms with Crippen LogP contribution in [0.4, 0.5) is 0 Å². The van der Waals surface area contributed by atoms with Crippen molar-refractivity contribution in [3.63, 3.8) is 0 Å². The minimum Gasteiger partial charge on any atom is -0.366 e. The monoisotopic (exact) mass is 340 g/mol. The van der Waals surface area contributed by atoms with E-state index >= 15 is 0 Å². The van der Waals surface area contributed by atoms with Gasteiger partial charge < -0.3 is 10.3 Å². The third-order valence-electron chi connectivity index (χ3n) is 2.63. The van der Waals surface area contributed by atoms with E-state index in [1.54, 1.807) is 24.4 Å². The van der Waals surface area contributed by atoms with Crippen LogP contribution in [0.2, 0.25) is 5.02 Å². The fraction of sp³-hybridized carbons (Fsp3) is 0.0769. The molecular formula is C13H10BrClN2O2. The second kappa shape index (κ2) is 5.59. The first kappa shape index (κ1) is 13.8. The minimum atomic E-state index is -0.534. The van der Waals surface area contributed by atoms with Crippen LogP contribution in [0.1, 0.15) is 15.9 Å². The average molecular weight is 342 g/mol. The third-order valence-corrected chi connectivity index (χ3v) is 3.45. The predicted molar refractivity (Wildman–Crippen MR) is 77.5 cm³/mol. The molecule has 0 unspecified atom stereocenters. The number of amides is 1. The molecule has 0 saturated carbocycles. The number of benzene rings is 1. The first-order valence-electron chi connectivity index (χ1n) is 5.41. The van der Waals surface area contributed by atoms with Crippen LogP contribution in [0, 0.1) is 0 Å². The van der Waals surface area contributed by atoms with Crippen molar-refractivity contribution < 1.29 is 4.79 Å². The van der Waals surface area contributed by atoms with Gasteiger partial charge in [0.05, 0.1) is 6.54 Å². The lowest BCUT2D eigenvalue weighted by atomic mass is 10.1. The van der Waals surface area contributed by atoms with E-state index in [2.05, 4.69) is 15.9 Å². The van der Waals surface area contributed by atoms with Gasteiger partial charge in [0, 0.05) is 27.3 Å². The number of rotatable bonds is 3. The van der Waals surface area contributed by atoms with Crippen LogP contribution in [0.5, 0.6) is 0 Å². The lowest BCUT2D eigenvalue weighted by molar-refractivity contribution is 0.100. The lowest BCUT2D eigenvalue weighted by Crippen LogP contribution is -2.19. The van der Waals surface area contributed by atoms with Crippen molar-refractivity contribution in [2.45, 2.75) is 6.54 Å². The zero-order valence-electron chi connectivity index (χ0n) is 9.77. The molecule has 0 radical (unpaired) electrons. The number of hydrogen-bond donors (Lipinski definition) is 1. The highest BCUT2D eigenvalue weighted by Gasteiger charge is 2.07. The summed E-state index contributed by atoms with van der Waals surface area (Å²) < 4.78 is 2.33. The maximum atomic E-state index is 11.7. The molecule has 0 spiro atoms. The maximum Gasteiger partial charge on any atom is 0.250 e. The smallest absolute Gasteiger partial charge is 0.250 e. The Morgan fingerprint density at radius 2 is 2.05 bits per heavy atom. The van der Waals surface area contributed by atoms with Gasteiger partial charge in [-0.25, -0.2) is 0 Å². The summed E-state index contributed by atoms with van der Waals surface area (Å²) in [6.45, 7) is 0.330. The van der Waals surface area contributed by atoms with Gasteiger partial charge in [-0.1, -0.05) is 17.7 Å². The molecule has 4 nitrogen and oxygen atoms in total. The van der Waals surface area contributed by atoms with E-state index in [0.717, 1.165) is 10.0 Å². The molecule has 2 rings (SSSR count). The zero-order chi connectivity index (χ0) is 14.0. The number of carbonyl (C=O) groups is 1. The summed E-state index contributed by atoms with van der Waals surface area (Å²) in [4.78, 5) is 22.7. The third kappa shape index (κ3) is 3.24. The average Bonchev–Trinajstić information content (AvgIpc) is 2.36. The Balaban J connectivity index is 2.36. The summed E-state index contributed by atoms with van der Waals surface area (Å²) >= 11 is 9.39. The van der Waals surface area contributed by atoms with Gasteiger partial charge in [0.1, 0.15) is 0 Å². The number of nitrogens with two attached hydrogens (primary N) is 1. The van der Waals surface area contributed by atoms with E-state index < -0.39 is 5.91 Å². The number of pyridine rings is 1. The Morgan fingerprint density at radius 1 is 1.32 bits per heavy atom. The Kier molecular flexibility index (Phi) is 4.07. The van der Waals surface area contributed by atoms with E-state index in [9.17, 15) is 9.59 Å². The van der Waals surface area contributed by atoms with Gasteiger partial charge in [0.2, 0.25) is 5.91 Å². The van der Waals surface area contributed by atoms with E-state index in [4.69, 9.17) is 17.3 Å². The van der Waals surface area contributed by atoms with Crippen LogP contribution in [0.15, 0.2) is 45.8 Å². The van der Waals surface area contributed by atoms with Crippen LogP contribution in [-0.2, 0) is 6.54 Å². The van der Waals surface area contributed by atoms with E-state index in [1.165, 1.54) is 16.7 Å². The Bertz CT molecular complexity index is 697. The maximum absolute atomic E-state index is 11.7. The molecule has 1 amide bonds. The molecule has 0 fully saturated rings.